The average Bonchev–Trinajstić information content (AvgIpc) is 2.40. The van der Waals surface area contributed by atoms with Gasteiger partial charge in [-0.25, -0.2) is 0 Å². The van der Waals surface area contributed by atoms with Gasteiger partial charge in [-0.2, -0.15) is 0 Å². The fourth-order valence-electron chi connectivity index (χ4n) is 1.92. The third-order valence-corrected chi connectivity index (χ3v) is 2.96. The summed E-state index contributed by atoms with van der Waals surface area (Å²) in [5, 5.41) is 0. The molecule has 6 heteroatoms. The zero-order valence-electron chi connectivity index (χ0n) is 10.9. The molecule has 1 saturated heterocycles. The topological polar surface area (TPSA) is 47.7 Å². The molecule has 0 atom stereocenters. The third-order valence-electron chi connectivity index (χ3n) is 2.96. The van der Waals surface area contributed by atoms with Crippen molar-refractivity contribution in [3.05, 3.63) is 29.8 Å². The lowest BCUT2D eigenvalue weighted by Crippen LogP contribution is -2.38. The van der Waals surface area contributed by atoms with Crippen molar-refractivity contribution in [1.29, 1.82) is 0 Å². The maximum atomic E-state index is 5.77. The first-order chi connectivity index (χ1) is 8.40. The van der Waals surface area contributed by atoms with Gasteiger partial charge in [0.15, 0.2) is 0 Å². The van der Waals surface area contributed by atoms with Crippen molar-refractivity contribution in [2.75, 3.05) is 39.5 Å². The van der Waals surface area contributed by atoms with Gasteiger partial charge in [0, 0.05) is 31.7 Å². The molecule has 2 N–H and O–H groups in total. The van der Waals surface area contributed by atoms with Crippen LogP contribution >= 0.6 is 24.8 Å². The molecular formula is C13H22Cl2N2O2. The molecule has 0 bridgehead atoms. The number of halogens is 2. The number of rotatable bonds is 5. The van der Waals surface area contributed by atoms with Crippen LogP contribution in [0, 0.1) is 0 Å². The Kier molecular flexibility index (Phi) is 10.0. The van der Waals surface area contributed by atoms with E-state index in [1.165, 1.54) is 0 Å². The van der Waals surface area contributed by atoms with E-state index in [4.69, 9.17) is 15.2 Å². The number of morpholine rings is 1. The van der Waals surface area contributed by atoms with E-state index >= 15 is 0 Å². The second-order valence-corrected chi connectivity index (χ2v) is 4.11. The lowest BCUT2D eigenvalue weighted by Gasteiger charge is -2.26. The zero-order valence-corrected chi connectivity index (χ0v) is 12.5. The largest absolute Gasteiger partial charge is 0.492 e. The van der Waals surface area contributed by atoms with Crippen molar-refractivity contribution >= 4 is 24.8 Å². The van der Waals surface area contributed by atoms with E-state index in [1.54, 1.807) is 0 Å². The maximum Gasteiger partial charge on any atom is 0.123 e. The van der Waals surface area contributed by atoms with Crippen LogP contribution in [-0.4, -0.2) is 44.4 Å². The highest BCUT2D eigenvalue weighted by molar-refractivity contribution is 5.85. The van der Waals surface area contributed by atoms with Crippen LogP contribution in [0.25, 0.3) is 0 Å². The molecule has 1 heterocycles. The molecule has 1 aromatic rings. The van der Waals surface area contributed by atoms with Crippen LogP contribution in [0.1, 0.15) is 5.56 Å². The van der Waals surface area contributed by atoms with Gasteiger partial charge in [0.05, 0.1) is 13.2 Å². The average molecular weight is 309 g/mol. The van der Waals surface area contributed by atoms with Crippen molar-refractivity contribution in [1.82, 2.24) is 4.90 Å². The van der Waals surface area contributed by atoms with Crippen molar-refractivity contribution in [2.24, 2.45) is 5.73 Å². The molecule has 1 aliphatic heterocycles. The summed E-state index contributed by atoms with van der Waals surface area (Å²) in [5.74, 6) is 0.906. The number of nitrogens with two attached hydrogens (primary N) is 1. The molecule has 0 radical (unpaired) electrons. The van der Waals surface area contributed by atoms with Gasteiger partial charge in [0.2, 0.25) is 0 Å². The monoisotopic (exact) mass is 308 g/mol. The van der Waals surface area contributed by atoms with E-state index in [9.17, 15) is 0 Å². The SMILES string of the molecule is Cl.Cl.NCc1ccccc1OCCN1CCOCC1. The second kappa shape index (κ2) is 10.3. The van der Waals surface area contributed by atoms with Crippen LogP contribution in [-0.2, 0) is 11.3 Å². The number of nitrogens with zero attached hydrogens (tertiary/aromatic N) is 1. The molecule has 0 saturated carbocycles. The molecule has 110 valence electrons. The summed E-state index contributed by atoms with van der Waals surface area (Å²) in [5.41, 5.74) is 6.72. The van der Waals surface area contributed by atoms with Gasteiger partial charge in [-0.1, -0.05) is 18.2 Å². The second-order valence-electron chi connectivity index (χ2n) is 4.11. The van der Waals surface area contributed by atoms with Gasteiger partial charge >= 0.3 is 0 Å². The minimum absolute atomic E-state index is 0. The maximum absolute atomic E-state index is 5.77. The van der Waals surface area contributed by atoms with Crippen LogP contribution in [0.4, 0.5) is 0 Å². The van der Waals surface area contributed by atoms with Crippen LogP contribution in [0.2, 0.25) is 0 Å². The van der Waals surface area contributed by atoms with E-state index in [2.05, 4.69) is 4.90 Å². The Morgan fingerprint density at radius 2 is 1.84 bits per heavy atom. The summed E-state index contributed by atoms with van der Waals surface area (Å²) >= 11 is 0. The van der Waals surface area contributed by atoms with Crippen molar-refractivity contribution < 1.29 is 9.47 Å². The summed E-state index contributed by atoms with van der Waals surface area (Å²) in [6, 6.07) is 7.94. The van der Waals surface area contributed by atoms with Crippen LogP contribution in [0.3, 0.4) is 0 Å². The normalized spacial score (nSPS) is 15.2. The first kappa shape index (κ1) is 18.5. The Morgan fingerprint density at radius 1 is 1.16 bits per heavy atom. The van der Waals surface area contributed by atoms with Gasteiger partial charge in [-0.15, -0.1) is 24.8 Å². The zero-order chi connectivity index (χ0) is 11.9. The first-order valence-electron chi connectivity index (χ1n) is 6.11. The molecule has 1 aliphatic rings. The molecule has 0 amide bonds. The molecule has 1 fully saturated rings. The summed E-state index contributed by atoms with van der Waals surface area (Å²) in [7, 11) is 0. The highest BCUT2D eigenvalue weighted by atomic mass is 35.5. The Hall–Kier alpha value is -0.520. The highest BCUT2D eigenvalue weighted by Crippen LogP contribution is 2.16. The number of hydrogen-bond acceptors (Lipinski definition) is 4. The van der Waals surface area contributed by atoms with Gasteiger partial charge in [0.25, 0.3) is 0 Å². The Bertz CT molecular complexity index is 347. The van der Waals surface area contributed by atoms with Crippen molar-refractivity contribution in [2.45, 2.75) is 6.54 Å². The summed E-state index contributed by atoms with van der Waals surface area (Å²) in [6.07, 6.45) is 0. The van der Waals surface area contributed by atoms with E-state index in [0.717, 1.165) is 44.2 Å². The molecule has 4 nitrogen and oxygen atoms in total. The van der Waals surface area contributed by atoms with Gasteiger partial charge in [0.1, 0.15) is 12.4 Å². The predicted octanol–water partition coefficient (Wildman–Crippen LogP) is 1.70. The summed E-state index contributed by atoms with van der Waals surface area (Å²) in [4.78, 5) is 2.36. The molecule has 0 unspecified atom stereocenters. The Labute approximate surface area is 127 Å². The Balaban J connectivity index is 0.00000162. The van der Waals surface area contributed by atoms with E-state index in [1.807, 2.05) is 24.3 Å². The third kappa shape index (κ3) is 5.97. The van der Waals surface area contributed by atoms with Crippen LogP contribution in [0.15, 0.2) is 24.3 Å². The standard InChI is InChI=1S/C13H20N2O2.2ClH/c14-11-12-3-1-2-4-13(12)17-10-7-15-5-8-16-9-6-15;;/h1-4H,5-11,14H2;2*1H. The lowest BCUT2D eigenvalue weighted by atomic mass is 10.2. The summed E-state index contributed by atoms with van der Waals surface area (Å²) < 4.78 is 11.1. The molecule has 1 aromatic carbocycles. The smallest absolute Gasteiger partial charge is 0.123 e. The molecule has 19 heavy (non-hydrogen) atoms. The van der Waals surface area contributed by atoms with Crippen molar-refractivity contribution in [3.63, 3.8) is 0 Å². The van der Waals surface area contributed by atoms with Gasteiger partial charge in [-0.05, 0) is 6.07 Å². The minimum atomic E-state index is 0. The van der Waals surface area contributed by atoms with Gasteiger partial charge in [-0.3, -0.25) is 4.90 Å². The Morgan fingerprint density at radius 3 is 2.53 bits per heavy atom. The first-order valence-corrected chi connectivity index (χ1v) is 6.11. The summed E-state index contributed by atoms with van der Waals surface area (Å²) in [6.45, 7) is 5.84. The quantitative estimate of drug-likeness (QED) is 0.899. The predicted molar refractivity (Wildman–Crippen MR) is 81.6 cm³/mol. The molecule has 0 spiro atoms. The van der Waals surface area contributed by atoms with Crippen molar-refractivity contribution in [3.8, 4) is 5.75 Å². The minimum Gasteiger partial charge on any atom is -0.492 e. The van der Waals surface area contributed by atoms with Crippen LogP contribution in [0.5, 0.6) is 5.75 Å². The van der Waals surface area contributed by atoms with E-state index in [-0.39, 0.29) is 24.8 Å². The highest BCUT2D eigenvalue weighted by Gasteiger charge is 2.10. The van der Waals surface area contributed by atoms with Gasteiger partial charge < -0.3 is 15.2 Å². The number of ether oxygens (including phenoxy) is 2. The lowest BCUT2D eigenvalue weighted by molar-refractivity contribution is 0.0322. The van der Waals surface area contributed by atoms with Crippen LogP contribution < -0.4 is 10.5 Å². The number of hydrogen-bond donors (Lipinski definition) is 1. The molecule has 2 rings (SSSR count). The fourth-order valence-corrected chi connectivity index (χ4v) is 1.92. The van der Waals surface area contributed by atoms with E-state index in [0.29, 0.717) is 13.2 Å². The fraction of sp³-hybridized carbons (Fsp3) is 0.538. The number of para-hydroxylation sites is 1. The molecule has 0 aliphatic carbocycles. The number of benzene rings is 1. The molecular weight excluding hydrogens is 287 g/mol. The van der Waals surface area contributed by atoms with E-state index < -0.39 is 0 Å². The molecule has 0 aromatic heterocycles.